The number of nitrogens with zero attached hydrogens (tertiary/aromatic N) is 2. The number of hydrogen-bond acceptors (Lipinski definition) is 3. The Kier molecular flexibility index (Phi) is 7.19. The molecule has 1 aliphatic rings. The molecule has 1 aliphatic carbocycles. The summed E-state index contributed by atoms with van der Waals surface area (Å²) in [5, 5.41) is 10.8. The average Bonchev–Trinajstić information content (AvgIpc) is 3.20. The van der Waals surface area contributed by atoms with E-state index in [-0.39, 0.29) is 29.6 Å². The number of benzene rings is 1. The van der Waals surface area contributed by atoms with Gasteiger partial charge in [-0.2, -0.15) is 5.10 Å². The molecule has 1 fully saturated rings. The van der Waals surface area contributed by atoms with E-state index < -0.39 is 0 Å². The van der Waals surface area contributed by atoms with Gasteiger partial charge in [-0.25, -0.2) is 0 Å². The van der Waals surface area contributed by atoms with Crippen LogP contribution in [-0.2, 0) is 0 Å². The van der Waals surface area contributed by atoms with Crippen molar-refractivity contribution in [2.75, 3.05) is 7.05 Å². The van der Waals surface area contributed by atoms with Crippen LogP contribution < -0.4 is 10.6 Å². The third kappa shape index (κ3) is 4.53. The van der Waals surface area contributed by atoms with E-state index in [0.717, 1.165) is 24.8 Å². The summed E-state index contributed by atoms with van der Waals surface area (Å²) in [6, 6.07) is 8.93. The normalized spacial score (nSPS) is 21.2. The van der Waals surface area contributed by atoms with Crippen LogP contribution in [0, 0.1) is 11.8 Å². The van der Waals surface area contributed by atoms with E-state index >= 15 is 0 Å². The highest BCUT2D eigenvalue weighted by molar-refractivity contribution is 6.31. The second kappa shape index (κ2) is 9.65. The van der Waals surface area contributed by atoms with Gasteiger partial charge in [-0.1, -0.05) is 62.9 Å². The quantitative estimate of drug-likeness (QED) is 0.617. The summed E-state index contributed by atoms with van der Waals surface area (Å²) in [7, 11) is 1.55. The van der Waals surface area contributed by atoms with Crippen LogP contribution in [0.4, 0.5) is 0 Å². The van der Waals surface area contributed by atoms with Gasteiger partial charge in [0.25, 0.3) is 11.8 Å². The van der Waals surface area contributed by atoms with Crippen LogP contribution >= 0.6 is 11.6 Å². The van der Waals surface area contributed by atoms with E-state index in [0.29, 0.717) is 22.6 Å². The smallest absolute Gasteiger partial charge is 0.271 e. The molecule has 0 bridgehead atoms. The average molecular weight is 431 g/mol. The fourth-order valence-electron chi connectivity index (χ4n) is 4.32. The van der Waals surface area contributed by atoms with Gasteiger partial charge in [0.1, 0.15) is 5.69 Å². The van der Waals surface area contributed by atoms with Crippen molar-refractivity contribution in [2.45, 2.75) is 58.5 Å². The number of rotatable bonds is 9. The molecule has 2 N–H and O–H groups in total. The molecule has 0 spiro atoms. The number of carbonyl (C=O) groups excluding carboxylic acids is 2. The van der Waals surface area contributed by atoms with Crippen molar-refractivity contribution < 1.29 is 9.59 Å². The number of carbonyl (C=O) groups is 2. The predicted octanol–water partition coefficient (Wildman–Crippen LogP) is 4.45. The van der Waals surface area contributed by atoms with Crippen LogP contribution in [0.25, 0.3) is 0 Å². The molecule has 6 nitrogen and oxygen atoms in total. The second-order valence-electron chi connectivity index (χ2n) is 8.01. The molecule has 2 aromatic rings. The van der Waals surface area contributed by atoms with Crippen LogP contribution in [0.5, 0.6) is 0 Å². The summed E-state index contributed by atoms with van der Waals surface area (Å²) >= 11 is 6.38. The zero-order valence-corrected chi connectivity index (χ0v) is 18.9. The van der Waals surface area contributed by atoms with Crippen LogP contribution in [0.1, 0.15) is 79.0 Å². The number of hydrogen-bond donors (Lipinski definition) is 2. The van der Waals surface area contributed by atoms with E-state index in [9.17, 15) is 9.59 Å². The van der Waals surface area contributed by atoms with Crippen molar-refractivity contribution in [3.63, 3.8) is 0 Å². The van der Waals surface area contributed by atoms with Gasteiger partial charge < -0.3 is 10.6 Å². The topological polar surface area (TPSA) is 76.0 Å². The highest BCUT2D eigenvalue weighted by Crippen LogP contribution is 2.45. The summed E-state index contributed by atoms with van der Waals surface area (Å²) in [6.45, 7) is 6.28. The number of aromatic nitrogens is 2. The van der Waals surface area contributed by atoms with Gasteiger partial charge in [-0.3, -0.25) is 14.3 Å². The monoisotopic (exact) mass is 430 g/mol. The number of unbranched alkanes of at least 4 members (excludes halogenated alkanes) is 1. The Morgan fingerprint density at radius 2 is 1.93 bits per heavy atom. The second-order valence-corrected chi connectivity index (χ2v) is 8.42. The van der Waals surface area contributed by atoms with E-state index in [1.807, 2.05) is 31.2 Å². The predicted molar refractivity (Wildman–Crippen MR) is 119 cm³/mol. The Bertz CT molecular complexity index is 910. The highest BCUT2D eigenvalue weighted by atomic mass is 35.5. The first-order chi connectivity index (χ1) is 14.4. The zero-order chi connectivity index (χ0) is 21.8. The fraction of sp³-hybridized carbons (Fsp3) is 0.522. The third-order valence-corrected chi connectivity index (χ3v) is 6.49. The molecule has 1 heterocycles. The number of nitrogens with one attached hydrogen (secondary N) is 2. The van der Waals surface area contributed by atoms with Crippen LogP contribution in [0.3, 0.4) is 0 Å². The standard InChI is InChI=1S/C23H31ClN4O2/c1-5-7-10-17-15(6-2)21(17)26-23(30)20-13-19(22(29)25-4)27-28(20)14(3)16-11-8-9-12-18(16)24/h8-9,11-15,17,21H,5-7,10H2,1-4H3,(H,25,29)(H,26,30). The van der Waals surface area contributed by atoms with Gasteiger partial charge in [0.15, 0.2) is 5.69 Å². The molecule has 0 radical (unpaired) electrons. The third-order valence-electron chi connectivity index (χ3n) is 6.14. The van der Waals surface area contributed by atoms with Crippen molar-refractivity contribution in [2.24, 2.45) is 11.8 Å². The lowest BCUT2D eigenvalue weighted by Crippen LogP contribution is -2.30. The summed E-state index contributed by atoms with van der Waals surface area (Å²) < 4.78 is 1.60. The molecule has 7 heteroatoms. The first-order valence-corrected chi connectivity index (χ1v) is 11.2. The van der Waals surface area contributed by atoms with Crippen molar-refractivity contribution in [3.05, 3.63) is 52.3 Å². The maximum Gasteiger partial charge on any atom is 0.271 e. The Morgan fingerprint density at radius 3 is 2.57 bits per heavy atom. The van der Waals surface area contributed by atoms with E-state index in [2.05, 4.69) is 29.6 Å². The molecule has 4 atom stereocenters. The summed E-state index contributed by atoms with van der Waals surface area (Å²) in [5.41, 5.74) is 1.43. The molecule has 30 heavy (non-hydrogen) atoms. The molecule has 4 unspecified atom stereocenters. The van der Waals surface area contributed by atoms with Gasteiger partial charge in [0.05, 0.1) is 6.04 Å². The minimum Gasteiger partial charge on any atom is -0.354 e. The highest BCUT2D eigenvalue weighted by Gasteiger charge is 2.49. The number of amides is 2. The maximum absolute atomic E-state index is 13.2. The van der Waals surface area contributed by atoms with Crippen molar-refractivity contribution in [1.82, 2.24) is 20.4 Å². The molecule has 3 rings (SSSR count). The van der Waals surface area contributed by atoms with Gasteiger partial charge in [-0.15, -0.1) is 0 Å². The molecule has 0 saturated heterocycles. The largest absolute Gasteiger partial charge is 0.354 e. The van der Waals surface area contributed by atoms with Gasteiger partial charge in [0, 0.05) is 24.2 Å². The Labute approximate surface area is 183 Å². The fourth-order valence-corrected chi connectivity index (χ4v) is 4.61. The molecule has 1 aromatic heterocycles. The molecule has 0 aliphatic heterocycles. The number of halogens is 1. The van der Waals surface area contributed by atoms with E-state index in [4.69, 9.17) is 11.6 Å². The summed E-state index contributed by atoms with van der Waals surface area (Å²) in [5.74, 6) is 0.540. The van der Waals surface area contributed by atoms with E-state index in [1.165, 1.54) is 6.42 Å². The Hall–Kier alpha value is -2.34. The minimum absolute atomic E-state index is 0.191. The molecule has 162 valence electrons. The zero-order valence-electron chi connectivity index (χ0n) is 18.1. The van der Waals surface area contributed by atoms with Gasteiger partial charge >= 0.3 is 0 Å². The lowest BCUT2D eigenvalue weighted by molar-refractivity contribution is 0.0932. The summed E-state index contributed by atoms with van der Waals surface area (Å²) in [6.07, 6.45) is 4.53. The maximum atomic E-state index is 13.2. The molecule has 2 amide bonds. The molecule has 1 aromatic carbocycles. The minimum atomic E-state index is -0.326. The Balaban J connectivity index is 1.88. The van der Waals surface area contributed by atoms with Crippen molar-refractivity contribution in [3.8, 4) is 0 Å². The van der Waals surface area contributed by atoms with Gasteiger partial charge in [-0.05, 0) is 36.8 Å². The van der Waals surface area contributed by atoms with Crippen molar-refractivity contribution in [1.29, 1.82) is 0 Å². The molecular weight excluding hydrogens is 400 g/mol. The van der Waals surface area contributed by atoms with Crippen LogP contribution in [0.2, 0.25) is 5.02 Å². The summed E-state index contributed by atoms with van der Waals surface area (Å²) in [4.78, 5) is 25.4. The molecule has 1 saturated carbocycles. The first-order valence-electron chi connectivity index (χ1n) is 10.8. The van der Waals surface area contributed by atoms with Crippen LogP contribution in [0.15, 0.2) is 30.3 Å². The Morgan fingerprint density at radius 1 is 1.20 bits per heavy atom. The first kappa shape index (κ1) is 22.3. The lowest BCUT2D eigenvalue weighted by Gasteiger charge is -2.17. The SMILES string of the molecule is CCCCC1C(CC)C1NC(=O)c1cc(C(=O)NC)nn1C(C)c1ccccc1Cl. The van der Waals surface area contributed by atoms with Crippen molar-refractivity contribution >= 4 is 23.4 Å². The van der Waals surface area contributed by atoms with E-state index in [1.54, 1.807) is 17.8 Å². The van der Waals surface area contributed by atoms with Crippen LogP contribution in [-0.4, -0.2) is 34.7 Å². The molecular formula is C23H31ClN4O2. The van der Waals surface area contributed by atoms with Gasteiger partial charge in [0.2, 0.25) is 0 Å². The lowest BCUT2D eigenvalue weighted by atomic mass is 10.1.